The Balaban J connectivity index is 1.59. The highest BCUT2D eigenvalue weighted by molar-refractivity contribution is 7.89. The van der Waals surface area contributed by atoms with Gasteiger partial charge in [-0.2, -0.15) is 4.72 Å². The van der Waals surface area contributed by atoms with E-state index in [-0.39, 0.29) is 17.2 Å². The van der Waals surface area contributed by atoms with Gasteiger partial charge in [-0.25, -0.2) is 13.4 Å². The molecular weight excluding hydrogens is 550 g/mol. The van der Waals surface area contributed by atoms with Crippen molar-refractivity contribution < 1.29 is 32.6 Å². The van der Waals surface area contributed by atoms with Crippen LogP contribution >= 0.6 is 0 Å². The van der Waals surface area contributed by atoms with Crippen molar-refractivity contribution in [2.45, 2.75) is 49.1 Å². The van der Waals surface area contributed by atoms with Crippen LogP contribution < -0.4 is 20.5 Å². The lowest BCUT2D eigenvalue weighted by molar-refractivity contribution is -0.140. The van der Waals surface area contributed by atoms with Crippen molar-refractivity contribution in [3.05, 3.63) is 60.3 Å². The fraction of sp³-hybridized carbons (Fsp3) is 0.357. The minimum Gasteiger partial charge on any atom is -0.497 e. The Morgan fingerprint density at radius 1 is 1.05 bits per heavy atom. The zero-order valence-corrected chi connectivity index (χ0v) is 23.4. The number of carboxylic acids is 1. The molecule has 0 aliphatic carbocycles. The van der Waals surface area contributed by atoms with Gasteiger partial charge in [-0.15, -0.1) is 0 Å². The van der Waals surface area contributed by atoms with Gasteiger partial charge >= 0.3 is 5.97 Å². The molecule has 1 aliphatic heterocycles. The van der Waals surface area contributed by atoms with Crippen molar-refractivity contribution in [2.75, 3.05) is 25.9 Å². The third-order valence-corrected chi connectivity index (χ3v) is 8.43. The SMILES string of the molecule is COc1ccc(S(=O)(=O)N[C@@H](CC(=O)O)C(=O)NC(Cc2ccc3c(N)nccc3c2)C(=O)N2CCCCC2)cc1. The minimum absolute atomic E-state index is 0.101. The average molecular weight is 584 g/mol. The van der Waals surface area contributed by atoms with E-state index in [4.69, 9.17) is 10.5 Å². The van der Waals surface area contributed by atoms with Crippen LogP contribution in [0, 0.1) is 0 Å². The van der Waals surface area contributed by atoms with E-state index in [0.717, 1.165) is 35.6 Å². The second-order valence-corrected chi connectivity index (χ2v) is 11.6. The number of benzene rings is 2. The number of carbonyl (C=O) groups is 3. The zero-order valence-electron chi connectivity index (χ0n) is 22.6. The second-order valence-electron chi connectivity index (χ2n) is 9.85. The lowest BCUT2D eigenvalue weighted by atomic mass is 10.00. The molecule has 1 saturated heterocycles. The summed E-state index contributed by atoms with van der Waals surface area (Å²) in [7, 11) is -2.85. The van der Waals surface area contributed by atoms with Gasteiger partial charge in [0.1, 0.15) is 23.7 Å². The van der Waals surface area contributed by atoms with E-state index < -0.39 is 40.4 Å². The Morgan fingerprint density at radius 2 is 1.76 bits per heavy atom. The summed E-state index contributed by atoms with van der Waals surface area (Å²) in [6.07, 6.45) is 3.51. The maximum Gasteiger partial charge on any atom is 0.305 e. The van der Waals surface area contributed by atoms with Crippen LogP contribution in [-0.2, 0) is 30.8 Å². The van der Waals surface area contributed by atoms with Crippen LogP contribution in [0.2, 0.25) is 0 Å². The zero-order chi connectivity index (χ0) is 29.6. The quantitative estimate of drug-likeness (QED) is 0.261. The molecule has 2 aromatic carbocycles. The number of pyridine rings is 1. The predicted molar refractivity (Wildman–Crippen MR) is 152 cm³/mol. The molecule has 41 heavy (non-hydrogen) atoms. The summed E-state index contributed by atoms with van der Waals surface area (Å²) >= 11 is 0. The maximum absolute atomic E-state index is 13.6. The van der Waals surface area contributed by atoms with Crippen molar-refractivity contribution in [1.82, 2.24) is 19.9 Å². The molecule has 1 fully saturated rings. The number of hydrogen-bond donors (Lipinski definition) is 4. The van der Waals surface area contributed by atoms with Gasteiger partial charge in [0.15, 0.2) is 0 Å². The molecule has 12 nitrogen and oxygen atoms in total. The smallest absolute Gasteiger partial charge is 0.305 e. The number of hydrogen-bond acceptors (Lipinski definition) is 8. The Kier molecular flexibility index (Phi) is 9.40. The van der Waals surface area contributed by atoms with Crippen LogP contribution in [-0.4, -0.2) is 73.5 Å². The number of nitrogens with one attached hydrogen (secondary N) is 2. The lowest BCUT2D eigenvalue weighted by Gasteiger charge is -2.31. The lowest BCUT2D eigenvalue weighted by Crippen LogP contribution is -2.56. The number of anilines is 1. The topological polar surface area (TPSA) is 181 Å². The van der Waals surface area contributed by atoms with E-state index in [2.05, 4.69) is 15.0 Å². The van der Waals surface area contributed by atoms with Crippen LogP contribution in [0.5, 0.6) is 5.75 Å². The summed E-state index contributed by atoms with van der Waals surface area (Å²) in [5.41, 5.74) is 6.69. The molecule has 5 N–H and O–H groups in total. The van der Waals surface area contributed by atoms with Crippen molar-refractivity contribution >= 4 is 44.4 Å². The standard InChI is InChI=1S/C28H33N5O7S/c1-40-20-6-8-21(9-7-20)41(38,39)32-23(17-25(34)35)27(36)31-24(28(37)33-13-3-2-4-14-33)16-18-5-10-22-19(15-18)11-12-30-26(22)29/h5-12,15,23-24,32H,2-4,13-14,16-17H2,1H3,(H2,29,30)(H,31,36)(H,34,35)/t23-,24?/m0/s1. The van der Waals surface area contributed by atoms with Gasteiger partial charge in [0, 0.05) is 31.1 Å². The molecule has 1 aromatic heterocycles. The second kappa shape index (κ2) is 13.0. The molecule has 218 valence electrons. The van der Waals surface area contributed by atoms with Gasteiger partial charge in [-0.3, -0.25) is 14.4 Å². The molecule has 1 aliphatic rings. The fourth-order valence-corrected chi connectivity index (χ4v) is 5.99. The van der Waals surface area contributed by atoms with Gasteiger partial charge in [-0.1, -0.05) is 18.2 Å². The number of nitrogens with two attached hydrogens (primary N) is 1. The number of fused-ring (bicyclic) bond motifs is 1. The molecule has 4 rings (SSSR count). The number of ether oxygens (including phenoxy) is 1. The minimum atomic E-state index is -4.28. The molecule has 2 amide bonds. The Bertz CT molecular complexity index is 1520. The van der Waals surface area contributed by atoms with E-state index in [0.29, 0.717) is 24.7 Å². The molecule has 3 aromatic rings. The van der Waals surface area contributed by atoms with E-state index in [1.54, 1.807) is 29.3 Å². The van der Waals surface area contributed by atoms with Crippen LogP contribution in [0.15, 0.2) is 59.6 Å². The van der Waals surface area contributed by atoms with Crippen LogP contribution in [0.1, 0.15) is 31.2 Å². The number of nitrogens with zero attached hydrogens (tertiary/aromatic N) is 2. The monoisotopic (exact) mass is 583 g/mol. The number of aromatic nitrogens is 1. The number of aliphatic carboxylic acids is 1. The summed E-state index contributed by atoms with van der Waals surface area (Å²) in [6.45, 7) is 1.07. The number of carboxylic acid groups (broad SMARTS) is 1. The highest BCUT2D eigenvalue weighted by Gasteiger charge is 2.33. The first-order valence-electron chi connectivity index (χ1n) is 13.2. The Labute approximate surface area is 237 Å². The summed E-state index contributed by atoms with van der Waals surface area (Å²) < 4.78 is 33.3. The number of nitrogen functional groups attached to an aromatic ring is 1. The van der Waals surface area contributed by atoms with E-state index >= 15 is 0 Å². The molecule has 2 atom stereocenters. The summed E-state index contributed by atoms with van der Waals surface area (Å²) in [5, 5.41) is 13.6. The predicted octanol–water partition coefficient (Wildman–Crippen LogP) is 1.69. The largest absolute Gasteiger partial charge is 0.497 e. The van der Waals surface area contributed by atoms with Gasteiger partial charge < -0.3 is 25.8 Å². The molecule has 0 spiro atoms. The maximum atomic E-state index is 13.6. The number of rotatable bonds is 11. The molecule has 0 bridgehead atoms. The number of piperidine rings is 1. The first-order valence-corrected chi connectivity index (χ1v) is 14.7. The molecule has 0 radical (unpaired) electrons. The first-order chi connectivity index (χ1) is 19.6. The summed E-state index contributed by atoms with van der Waals surface area (Å²) in [6, 6.07) is 9.89. The Morgan fingerprint density at radius 3 is 2.41 bits per heavy atom. The van der Waals surface area contributed by atoms with Crippen molar-refractivity contribution in [1.29, 1.82) is 0 Å². The highest BCUT2D eigenvalue weighted by Crippen LogP contribution is 2.22. The van der Waals surface area contributed by atoms with Crippen molar-refractivity contribution in [3.8, 4) is 5.75 Å². The number of methoxy groups -OCH3 is 1. The third kappa shape index (κ3) is 7.50. The van der Waals surface area contributed by atoms with Gasteiger partial charge in [0.2, 0.25) is 21.8 Å². The molecule has 2 heterocycles. The first kappa shape index (κ1) is 29.7. The van der Waals surface area contributed by atoms with Crippen LogP contribution in [0.25, 0.3) is 10.8 Å². The third-order valence-electron chi connectivity index (χ3n) is 6.94. The average Bonchev–Trinajstić information content (AvgIpc) is 2.96. The van der Waals surface area contributed by atoms with E-state index in [9.17, 15) is 27.9 Å². The number of amides is 2. The summed E-state index contributed by atoms with van der Waals surface area (Å²) in [5.74, 6) is -1.84. The van der Waals surface area contributed by atoms with Gasteiger partial charge in [-0.05, 0) is 60.5 Å². The number of sulfonamides is 1. The number of carbonyl (C=O) groups excluding carboxylic acids is 2. The summed E-state index contributed by atoms with van der Waals surface area (Å²) in [4.78, 5) is 44.2. The molecule has 0 saturated carbocycles. The van der Waals surface area contributed by atoms with Crippen molar-refractivity contribution in [3.63, 3.8) is 0 Å². The molecule has 13 heteroatoms. The van der Waals surface area contributed by atoms with Gasteiger partial charge in [0.25, 0.3) is 0 Å². The molecule has 1 unspecified atom stereocenters. The van der Waals surface area contributed by atoms with Crippen LogP contribution in [0.3, 0.4) is 0 Å². The highest BCUT2D eigenvalue weighted by atomic mass is 32.2. The molecular formula is C28H33N5O7S. The fourth-order valence-electron chi connectivity index (χ4n) is 4.79. The van der Waals surface area contributed by atoms with E-state index in [1.807, 2.05) is 6.07 Å². The van der Waals surface area contributed by atoms with Crippen molar-refractivity contribution in [2.24, 2.45) is 0 Å². The van der Waals surface area contributed by atoms with Crippen LogP contribution in [0.4, 0.5) is 5.82 Å². The Hall–Kier alpha value is -4.23. The van der Waals surface area contributed by atoms with Gasteiger partial charge in [0.05, 0.1) is 18.4 Å². The normalized spacial score (nSPS) is 15.2. The van der Waals surface area contributed by atoms with E-state index in [1.165, 1.54) is 31.4 Å². The number of likely N-dealkylation sites (tertiary alicyclic amines) is 1.